The highest BCUT2D eigenvalue weighted by Crippen LogP contribution is 2.18. The van der Waals surface area contributed by atoms with E-state index < -0.39 is 0 Å². The van der Waals surface area contributed by atoms with Crippen LogP contribution >= 0.6 is 0 Å². The van der Waals surface area contributed by atoms with E-state index in [4.69, 9.17) is 0 Å². The summed E-state index contributed by atoms with van der Waals surface area (Å²) >= 11 is 0. The Labute approximate surface area is 140 Å². The molecule has 0 aliphatic carbocycles. The molecule has 0 spiro atoms. The fraction of sp³-hybridized carbons (Fsp3) is 0.882. The molecule has 2 saturated heterocycles. The zero-order chi connectivity index (χ0) is 16.7. The molecule has 0 saturated carbocycles. The third-order valence-electron chi connectivity index (χ3n) is 4.77. The van der Waals surface area contributed by atoms with Crippen molar-refractivity contribution in [3.8, 4) is 0 Å². The monoisotopic (exact) mass is 324 g/mol. The van der Waals surface area contributed by atoms with Crippen LogP contribution in [0.4, 0.5) is 0 Å². The molecule has 2 heterocycles. The van der Waals surface area contributed by atoms with E-state index in [1.54, 1.807) is 0 Å². The molecule has 2 aliphatic rings. The van der Waals surface area contributed by atoms with Crippen molar-refractivity contribution in [1.29, 1.82) is 0 Å². The zero-order valence-electron chi connectivity index (χ0n) is 14.6. The number of rotatable bonds is 6. The van der Waals surface area contributed by atoms with Gasteiger partial charge in [-0.2, -0.15) is 0 Å². The summed E-state index contributed by atoms with van der Waals surface area (Å²) in [6.45, 7) is 9.66. The van der Waals surface area contributed by atoms with Gasteiger partial charge in [-0.3, -0.25) is 14.5 Å². The van der Waals surface area contributed by atoms with Gasteiger partial charge in [-0.05, 0) is 52.1 Å². The Morgan fingerprint density at radius 1 is 1.13 bits per heavy atom. The fourth-order valence-electron chi connectivity index (χ4n) is 3.38. The van der Waals surface area contributed by atoms with Crippen LogP contribution in [-0.4, -0.2) is 73.5 Å². The van der Waals surface area contributed by atoms with Gasteiger partial charge in [0.05, 0.1) is 6.54 Å². The van der Waals surface area contributed by atoms with Gasteiger partial charge < -0.3 is 15.5 Å². The van der Waals surface area contributed by atoms with Crippen LogP contribution in [-0.2, 0) is 9.59 Å². The topological polar surface area (TPSA) is 64.7 Å². The van der Waals surface area contributed by atoms with E-state index in [9.17, 15) is 9.59 Å². The highest BCUT2D eigenvalue weighted by atomic mass is 16.2. The third kappa shape index (κ3) is 6.47. The van der Waals surface area contributed by atoms with Gasteiger partial charge in [-0.15, -0.1) is 0 Å². The second-order valence-electron chi connectivity index (χ2n) is 7.11. The lowest BCUT2D eigenvalue weighted by Gasteiger charge is -2.35. The minimum Gasteiger partial charge on any atom is -0.353 e. The molecule has 0 radical (unpaired) electrons. The molecular weight excluding hydrogens is 292 g/mol. The summed E-state index contributed by atoms with van der Waals surface area (Å²) in [6, 6.07) is 0.181. The van der Waals surface area contributed by atoms with Crippen LogP contribution < -0.4 is 10.6 Å². The van der Waals surface area contributed by atoms with E-state index in [0.717, 1.165) is 45.7 Å². The number of piperidine rings is 1. The molecule has 6 nitrogen and oxygen atoms in total. The normalized spacial score (nSPS) is 20.7. The quantitative estimate of drug-likeness (QED) is 0.744. The van der Waals surface area contributed by atoms with Crippen molar-refractivity contribution >= 4 is 11.8 Å². The second-order valence-corrected chi connectivity index (χ2v) is 7.11. The number of carbonyl (C=O) groups excluding carboxylic acids is 2. The molecule has 0 aromatic rings. The second kappa shape index (κ2) is 9.23. The number of piperazine rings is 1. The van der Waals surface area contributed by atoms with Crippen LogP contribution in [0.25, 0.3) is 0 Å². The fourth-order valence-corrected chi connectivity index (χ4v) is 3.38. The molecule has 0 aromatic heterocycles. The van der Waals surface area contributed by atoms with E-state index in [0.29, 0.717) is 18.9 Å². The van der Waals surface area contributed by atoms with Crippen molar-refractivity contribution in [2.75, 3.05) is 45.8 Å². The first kappa shape index (κ1) is 18.2. The Kier molecular flexibility index (Phi) is 7.30. The molecule has 0 bridgehead atoms. The number of nitrogens with one attached hydrogen (secondary N) is 2. The Morgan fingerprint density at radius 2 is 1.78 bits per heavy atom. The van der Waals surface area contributed by atoms with Gasteiger partial charge in [0.1, 0.15) is 0 Å². The molecule has 2 N–H and O–H groups in total. The molecule has 2 aliphatic heterocycles. The summed E-state index contributed by atoms with van der Waals surface area (Å²) in [4.78, 5) is 28.2. The van der Waals surface area contributed by atoms with Gasteiger partial charge in [-0.1, -0.05) is 0 Å². The molecule has 2 amide bonds. The molecule has 2 fully saturated rings. The molecule has 2 rings (SSSR count). The van der Waals surface area contributed by atoms with Gasteiger partial charge >= 0.3 is 0 Å². The summed E-state index contributed by atoms with van der Waals surface area (Å²) in [5.74, 6) is 1.07. The van der Waals surface area contributed by atoms with Gasteiger partial charge in [0.2, 0.25) is 11.8 Å². The predicted molar refractivity (Wildman–Crippen MR) is 91.1 cm³/mol. The van der Waals surface area contributed by atoms with Crippen molar-refractivity contribution in [1.82, 2.24) is 20.4 Å². The average molecular weight is 324 g/mol. The van der Waals surface area contributed by atoms with Crippen LogP contribution in [0.2, 0.25) is 0 Å². The Hall–Kier alpha value is -1.14. The van der Waals surface area contributed by atoms with Crippen LogP contribution in [0.15, 0.2) is 0 Å². The van der Waals surface area contributed by atoms with E-state index in [1.165, 1.54) is 12.8 Å². The smallest absolute Gasteiger partial charge is 0.234 e. The minimum absolute atomic E-state index is 0.0747. The predicted octanol–water partition coefficient (Wildman–Crippen LogP) is 0.435. The van der Waals surface area contributed by atoms with Crippen LogP contribution in [0.1, 0.15) is 39.5 Å². The maximum absolute atomic E-state index is 12.3. The number of hydrogen-bond acceptors (Lipinski definition) is 4. The van der Waals surface area contributed by atoms with Crippen LogP contribution in [0, 0.1) is 5.92 Å². The zero-order valence-corrected chi connectivity index (χ0v) is 14.6. The molecule has 0 atom stereocenters. The molecular formula is C17H32N4O2. The van der Waals surface area contributed by atoms with Gasteiger partial charge in [0.15, 0.2) is 0 Å². The Morgan fingerprint density at radius 3 is 2.39 bits per heavy atom. The maximum atomic E-state index is 12.3. The van der Waals surface area contributed by atoms with Crippen molar-refractivity contribution in [2.45, 2.75) is 45.6 Å². The SMILES string of the molecule is CC(C)NC(=O)CN1CCN(C(=O)CCC2CCNCC2)CC1. The molecule has 23 heavy (non-hydrogen) atoms. The molecule has 132 valence electrons. The molecule has 6 heteroatoms. The van der Waals surface area contributed by atoms with E-state index in [-0.39, 0.29) is 17.9 Å². The van der Waals surface area contributed by atoms with E-state index >= 15 is 0 Å². The lowest BCUT2D eigenvalue weighted by molar-refractivity contribution is -0.133. The Bertz CT molecular complexity index is 386. The summed E-state index contributed by atoms with van der Waals surface area (Å²) < 4.78 is 0. The first-order valence-corrected chi connectivity index (χ1v) is 9.05. The first-order chi connectivity index (χ1) is 11.0. The largest absolute Gasteiger partial charge is 0.353 e. The van der Waals surface area contributed by atoms with E-state index in [2.05, 4.69) is 15.5 Å². The standard InChI is InChI=1S/C17H32N4O2/c1-14(2)19-16(22)13-20-9-11-21(12-10-20)17(23)4-3-15-5-7-18-8-6-15/h14-15,18H,3-13H2,1-2H3,(H,19,22). The summed E-state index contributed by atoms with van der Waals surface area (Å²) in [7, 11) is 0. The number of amides is 2. The van der Waals surface area contributed by atoms with Gasteiger partial charge in [-0.25, -0.2) is 0 Å². The third-order valence-corrected chi connectivity index (χ3v) is 4.77. The van der Waals surface area contributed by atoms with Crippen LogP contribution in [0.5, 0.6) is 0 Å². The molecule has 0 aromatic carbocycles. The highest BCUT2D eigenvalue weighted by Gasteiger charge is 2.23. The average Bonchev–Trinajstić information content (AvgIpc) is 2.53. The lowest BCUT2D eigenvalue weighted by atomic mass is 9.93. The summed E-state index contributed by atoms with van der Waals surface area (Å²) in [5, 5.41) is 6.28. The van der Waals surface area contributed by atoms with Crippen molar-refractivity contribution in [3.05, 3.63) is 0 Å². The van der Waals surface area contributed by atoms with Gasteiger partial charge in [0, 0.05) is 38.6 Å². The van der Waals surface area contributed by atoms with Crippen molar-refractivity contribution < 1.29 is 9.59 Å². The van der Waals surface area contributed by atoms with Crippen molar-refractivity contribution in [3.63, 3.8) is 0 Å². The minimum atomic E-state index is 0.0747. The first-order valence-electron chi connectivity index (χ1n) is 9.05. The number of hydrogen-bond donors (Lipinski definition) is 2. The lowest BCUT2D eigenvalue weighted by Crippen LogP contribution is -2.51. The number of nitrogens with zero attached hydrogens (tertiary/aromatic N) is 2. The van der Waals surface area contributed by atoms with Crippen molar-refractivity contribution in [2.24, 2.45) is 5.92 Å². The highest BCUT2D eigenvalue weighted by molar-refractivity contribution is 5.78. The maximum Gasteiger partial charge on any atom is 0.234 e. The number of carbonyl (C=O) groups is 2. The van der Waals surface area contributed by atoms with Crippen LogP contribution in [0.3, 0.4) is 0 Å². The summed E-state index contributed by atoms with van der Waals surface area (Å²) in [6.07, 6.45) is 4.11. The van der Waals surface area contributed by atoms with E-state index in [1.807, 2.05) is 18.7 Å². The molecule has 0 unspecified atom stereocenters. The van der Waals surface area contributed by atoms with Gasteiger partial charge in [0.25, 0.3) is 0 Å². The summed E-state index contributed by atoms with van der Waals surface area (Å²) in [5.41, 5.74) is 0. The Balaban J connectivity index is 1.63.